The SMILES string of the molecule is CN=C(NCCCNC(=O)OC(C)(C)C)NCCN1CC(C)CC(C)C1. The molecular weight excluding hydrogens is 330 g/mol. The summed E-state index contributed by atoms with van der Waals surface area (Å²) < 4.78 is 5.20. The highest BCUT2D eigenvalue weighted by atomic mass is 16.6. The van der Waals surface area contributed by atoms with E-state index in [0.29, 0.717) is 6.54 Å². The van der Waals surface area contributed by atoms with Gasteiger partial charge in [0, 0.05) is 46.3 Å². The highest BCUT2D eigenvalue weighted by Crippen LogP contribution is 2.20. The standard InChI is InChI=1S/C19H39N5O2/c1-15-12-16(2)14-24(13-15)11-10-22-17(20-6)21-8-7-9-23-18(25)26-19(3,4)5/h15-16H,7-14H2,1-6H3,(H,23,25)(H2,20,21,22). The van der Waals surface area contributed by atoms with Gasteiger partial charge in [-0.25, -0.2) is 4.79 Å². The van der Waals surface area contributed by atoms with Gasteiger partial charge in [0.25, 0.3) is 0 Å². The van der Waals surface area contributed by atoms with E-state index >= 15 is 0 Å². The molecule has 1 aliphatic heterocycles. The predicted octanol–water partition coefficient (Wildman–Crippen LogP) is 2.04. The summed E-state index contributed by atoms with van der Waals surface area (Å²) in [5.74, 6) is 2.38. The lowest BCUT2D eigenvalue weighted by Gasteiger charge is -2.35. The molecular formula is C19H39N5O2. The van der Waals surface area contributed by atoms with E-state index in [2.05, 4.69) is 39.7 Å². The molecule has 0 aromatic carbocycles. The molecule has 152 valence electrons. The van der Waals surface area contributed by atoms with Crippen LogP contribution in [-0.4, -0.2) is 68.9 Å². The highest BCUT2D eigenvalue weighted by Gasteiger charge is 2.21. The molecule has 0 aromatic rings. The van der Waals surface area contributed by atoms with Crippen LogP contribution >= 0.6 is 0 Å². The van der Waals surface area contributed by atoms with Crippen LogP contribution in [0.1, 0.15) is 47.5 Å². The largest absolute Gasteiger partial charge is 0.444 e. The predicted molar refractivity (Wildman–Crippen MR) is 108 cm³/mol. The smallest absolute Gasteiger partial charge is 0.407 e. The topological polar surface area (TPSA) is 78.0 Å². The minimum absolute atomic E-state index is 0.370. The van der Waals surface area contributed by atoms with Crippen LogP contribution in [-0.2, 0) is 4.74 Å². The Kier molecular flexibility index (Phi) is 9.76. The molecule has 0 radical (unpaired) electrons. The number of piperidine rings is 1. The molecule has 1 fully saturated rings. The molecule has 0 saturated carbocycles. The molecule has 1 saturated heterocycles. The molecule has 0 bridgehead atoms. The van der Waals surface area contributed by atoms with Crippen molar-refractivity contribution in [2.45, 2.75) is 53.1 Å². The number of alkyl carbamates (subject to hydrolysis) is 1. The van der Waals surface area contributed by atoms with Gasteiger partial charge in [-0.15, -0.1) is 0 Å². The molecule has 2 atom stereocenters. The quantitative estimate of drug-likeness (QED) is 0.364. The molecule has 7 heteroatoms. The van der Waals surface area contributed by atoms with Crippen molar-refractivity contribution >= 4 is 12.1 Å². The van der Waals surface area contributed by atoms with E-state index in [1.807, 2.05) is 20.8 Å². The zero-order valence-electron chi connectivity index (χ0n) is 17.5. The summed E-state index contributed by atoms with van der Waals surface area (Å²) in [7, 11) is 1.78. The van der Waals surface area contributed by atoms with Crippen LogP contribution in [0.3, 0.4) is 0 Å². The number of aliphatic imine (C=N–C) groups is 1. The first-order valence-electron chi connectivity index (χ1n) is 9.83. The van der Waals surface area contributed by atoms with Gasteiger partial charge in [0.1, 0.15) is 5.60 Å². The summed E-state index contributed by atoms with van der Waals surface area (Å²) in [6.45, 7) is 15.9. The third-order valence-electron chi connectivity index (χ3n) is 4.20. The van der Waals surface area contributed by atoms with Crippen molar-refractivity contribution in [1.82, 2.24) is 20.9 Å². The van der Waals surface area contributed by atoms with Gasteiger partial charge < -0.3 is 25.6 Å². The average Bonchev–Trinajstić information content (AvgIpc) is 2.50. The van der Waals surface area contributed by atoms with Gasteiger partial charge in [-0.2, -0.15) is 0 Å². The fourth-order valence-electron chi connectivity index (χ4n) is 3.33. The van der Waals surface area contributed by atoms with Crippen molar-refractivity contribution in [2.24, 2.45) is 16.8 Å². The van der Waals surface area contributed by atoms with E-state index in [4.69, 9.17) is 4.74 Å². The monoisotopic (exact) mass is 369 g/mol. The molecule has 26 heavy (non-hydrogen) atoms. The first-order valence-corrected chi connectivity index (χ1v) is 9.83. The second-order valence-corrected chi connectivity index (χ2v) is 8.41. The summed E-state index contributed by atoms with van der Waals surface area (Å²) in [5.41, 5.74) is -0.460. The Morgan fingerprint density at radius 3 is 2.23 bits per heavy atom. The molecule has 1 rings (SSSR count). The maximum atomic E-state index is 11.6. The number of amides is 1. The van der Waals surface area contributed by atoms with Crippen molar-refractivity contribution < 1.29 is 9.53 Å². The first-order chi connectivity index (χ1) is 12.2. The Morgan fingerprint density at radius 2 is 1.65 bits per heavy atom. The maximum Gasteiger partial charge on any atom is 0.407 e. The first kappa shape index (κ1) is 22.5. The van der Waals surface area contributed by atoms with Crippen molar-refractivity contribution in [3.63, 3.8) is 0 Å². The van der Waals surface area contributed by atoms with Crippen molar-refractivity contribution in [1.29, 1.82) is 0 Å². The van der Waals surface area contributed by atoms with Gasteiger partial charge in [-0.05, 0) is 45.4 Å². The van der Waals surface area contributed by atoms with E-state index in [9.17, 15) is 4.79 Å². The van der Waals surface area contributed by atoms with Gasteiger partial charge >= 0.3 is 6.09 Å². The van der Waals surface area contributed by atoms with Gasteiger partial charge in [0.05, 0.1) is 0 Å². The van der Waals surface area contributed by atoms with Gasteiger partial charge in [0.15, 0.2) is 5.96 Å². The van der Waals surface area contributed by atoms with Crippen LogP contribution in [0.15, 0.2) is 4.99 Å². The van der Waals surface area contributed by atoms with Gasteiger partial charge in [-0.3, -0.25) is 4.99 Å². The van der Waals surface area contributed by atoms with Crippen LogP contribution in [0.5, 0.6) is 0 Å². The molecule has 1 aliphatic rings. The number of hydrogen-bond acceptors (Lipinski definition) is 4. The van der Waals surface area contributed by atoms with Crippen LogP contribution in [0.25, 0.3) is 0 Å². The second kappa shape index (κ2) is 11.3. The number of hydrogen-bond donors (Lipinski definition) is 3. The van der Waals surface area contributed by atoms with E-state index in [-0.39, 0.29) is 6.09 Å². The third kappa shape index (κ3) is 10.5. The van der Waals surface area contributed by atoms with Crippen LogP contribution < -0.4 is 16.0 Å². The molecule has 0 aromatic heterocycles. The molecule has 2 unspecified atom stereocenters. The van der Waals surface area contributed by atoms with Gasteiger partial charge in [-0.1, -0.05) is 13.8 Å². The van der Waals surface area contributed by atoms with Crippen LogP contribution in [0.2, 0.25) is 0 Å². The molecule has 0 aliphatic carbocycles. The molecule has 7 nitrogen and oxygen atoms in total. The van der Waals surface area contributed by atoms with E-state index in [1.165, 1.54) is 19.5 Å². The number of rotatable bonds is 7. The Morgan fingerprint density at radius 1 is 1.08 bits per heavy atom. The Bertz CT molecular complexity index is 438. The van der Waals surface area contributed by atoms with E-state index in [0.717, 1.165) is 43.9 Å². The third-order valence-corrected chi connectivity index (χ3v) is 4.20. The zero-order valence-corrected chi connectivity index (χ0v) is 17.5. The number of carbonyl (C=O) groups is 1. The summed E-state index contributed by atoms with van der Waals surface area (Å²) >= 11 is 0. The fourth-order valence-corrected chi connectivity index (χ4v) is 3.33. The second-order valence-electron chi connectivity index (χ2n) is 8.41. The minimum atomic E-state index is -0.460. The Balaban J connectivity index is 2.11. The fraction of sp³-hybridized carbons (Fsp3) is 0.895. The summed E-state index contributed by atoms with van der Waals surface area (Å²) in [6.07, 6.45) is 1.77. The number of likely N-dealkylation sites (tertiary alicyclic amines) is 1. The highest BCUT2D eigenvalue weighted by molar-refractivity contribution is 5.79. The maximum absolute atomic E-state index is 11.6. The zero-order chi connectivity index (χ0) is 19.6. The summed E-state index contributed by atoms with van der Waals surface area (Å²) in [4.78, 5) is 18.3. The molecule has 1 amide bonds. The summed E-state index contributed by atoms with van der Waals surface area (Å²) in [5, 5.41) is 9.39. The molecule has 0 spiro atoms. The number of nitrogens with one attached hydrogen (secondary N) is 3. The van der Waals surface area contributed by atoms with Crippen molar-refractivity contribution in [2.75, 3.05) is 46.3 Å². The van der Waals surface area contributed by atoms with Crippen LogP contribution in [0, 0.1) is 11.8 Å². The normalized spacial score (nSPS) is 22.0. The molecule has 3 N–H and O–H groups in total. The Labute approximate surface area is 159 Å². The Hall–Kier alpha value is -1.50. The summed E-state index contributed by atoms with van der Waals surface area (Å²) in [6, 6.07) is 0. The van der Waals surface area contributed by atoms with E-state index < -0.39 is 5.60 Å². The lowest BCUT2D eigenvalue weighted by atomic mass is 9.92. The van der Waals surface area contributed by atoms with Crippen molar-refractivity contribution in [3.05, 3.63) is 0 Å². The average molecular weight is 370 g/mol. The van der Waals surface area contributed by atoms with Gasteiger partial charge in [0.2, 0.25) is 0 Å². The number of ether oxygens (including phenoxy) is 1. The number of nitrogens with zero attached hydrogens (tertiary/aromatic N) is 2. The molecule has 1 heterocycles. The lowest BCUT2D eigenvalue weighted by molar-refractivity contribution is 0.0527. The van der Waals surface area contributed by atoms with Crippen molar-refractivity contribution in [3.8, 4) is 0 Å². The number of carbonyl (C=O) groups excluding carboxylic acids is 1. The van der Waals surface area contributed by atoms with E-state index in [1.54, 1.807) is 7.05 Å². The van der Waals surface area contributed by atoms with Crippen LogP contribution in [0.4, 0.5) is 4.79 Å². The minimum Gasteiger partial charge on any atom is -0.444 e. The lowest BCUT2D eigenvalue weighted by Crippen LogP contribution is -2.45. The number of guanidine groups is 1.